The van der Waals surface area contributed by atoms with Gasteiger partial charge in [0.2, 0.25) is 0 Å². The molecule has 2 rings (SSSR count). The molecule has 0 saturated heterocycles. The lowest BCUT2D eigenvalue weighted by atomic mass is 10.4. The molecule has 0 unspecified atom stereocenters. The van der Waals surface area contributed by atoms with Gasteiger partial charge in [0, 0.05) is 10.7 Å². The van der Waals surface area contributed by atoms with Crippen molar-refractivity contribution in [3.8, 4) is 0 Å². The Bertz CT molecular complexity index is 690. The van der Waals surface area contributed by atoms with E-state index in [0.29, 0.717) is 15.0 Å². The molecule has 0 bridgehead atoms. The fourth-order valence-electron chi connectivity index (χ4n) is 1.56. The highest BCUT2D eigenvalue weighted by Gasteiger charge is 2.17. The second-order valence-electron chi connectivity index (χ2n) is 3.72. The smallest absolute Gasteiger partial charge is 0.310 e. The number of hydrogen-bond acceptors (Lipinski definition) is 2. The number of pyridine rings is 1. The second-order valence-corrected chi connectivity index (χ2v) is 5.05. The summed E-state index contributed by atoms with van der Waals surface area (Å²) >= 11 is 9.22. The van der Waals surface area contributed by atoms with Crippen molar-refractivity contribution in [1.82, 2.24) is 15.3 Å². The summed E-state index contributed by atoms with van der Waals surface area (Å²) < 4.78 is 26.1. The number of hydrogen-bond donors (Lipinski definition) is 2. The van der Waals surface area contributed by atoms with Crippen molar-refractivity contribution in [3.63, 3.8) is 0 Å². The lowest BCUT2D eigenvalue weighted by Gasteiger charge is -2.07. The number of nitrogens with one attached hydrogen (secondary N) is 2. The van der Waals surface area contributed by atoms with E-state index in [1.807, 2.05) is 5.43 Å². The van der Waals surface area contributed by atoms with Gasteiger partial charge in [-0.2, -0.15) is 8.78 Å². The van der Waals surface area contributed by atoms with Gasteiger partial charge in [-0.1, -0.05) is 11.6 Å². The summed E-state index contributed by atoms with van der Waals surface area (Å²) in [5.74, 6) is -2.33. The van der Waals surface area contributed by atoms with Gasteiger partial charge < -0.3 is 4.40 Å². The minimum absolute atomic E-state index is 0.137. The van der Waals surface area contributed by atoms with E-state index in [1.165, 1.54) is 10.5 Å². The van der Waals surface area contributed by atoms with Crippen LogP contribution in [0.2, 0.25) is 5.02 Å². The van der Waals surface area contributed by atoms with Crippen LogP contribution in [0.1, 0.15) is 10.5 Å². The maximum absolute atomic E-state index is 12.0. The second kappa shape index (κ2) is 5.76. The summed E-state index contributed by atoms with van der Waals surface area (Å²) in [6.45, 7) is 0. The Hall–Kier alpha value is -1.67. The monoisotopic (exact) mass is 365 g/mol. The molecule has 20 heavy (non-hydrogen) atoms. The van der Waals surface area contributed by atoms with Gasteiger partial charge >= 0.3 is 12.3 Å². The van der Waals surface area contributed by atoms with Crippen LogP contribution >= 0.6 is 27.5 Å². The van der Waals surface area contributed by atoms with Crippen molar-refractivity contribution < 1.29 is 18.4 Å². The highest BCUT2D eigenvalue weighted by atomic mass is 79.9. The first kappa shape index (κ1) is 14.7. The largest absolute Gasteiger partial charge is 0.317 e. The normalized spacial score (nSPS) is 10.8. The Morgan fingerprint density at radius 1 is 1.30 bits per heavy atom. The first-order valence-corrected chi connectivity index (χ1v) is 6.41. The molecule has 2 aromatic rings. The fraction of sp³-hybridized carbons (Fsp3) is 0.0909. The van der Waals surface area contributed by atoms with Crippen molar-refractivity contribution in [2.45, 2.75) is 6.43 Å². The third-order valence-corrected chi connectivity index (χ3v) is 3.15. The summed E-state index contributed by atoms with van der Waals surface area (Å²) in [4.78, 5) is 22.5. The van der Waals surface area contributed by atoms with Crippen LogP contribution in [0.5, 0.6) is 0 Å². The van der Waals surface area contributed by atoms with Crippen molar-refractivity contribution >= 4 is 44.9 Å². The number of rotatable bonds is 2. The lowest BCUT2D eigenvalue weighted by Crippen LogP contribution is -2.44. The highest BCUT2D eigenvalue weighted by molar-refractivity contribution is 9.10. The molecule has 0 aliphatic heterocycles. The predicted molar refractivity (Wildman–Crippen MR) is 71.7 cm³/mol. The SMILES string of the molecule is O=C(NNC(=O)C(F)F)c1ccc2c(Cl)cc(Br)cn12. The van der Waals surface area contributed by atoms with Gasteiger partial charge in [0.1, 0.15) is 5.69 Å². The topological polar surface area (TPSA) is 62.6 Å². The van der Waals surface area contributed by atoms with Crippen LogP contribution in [-0.2, 0) is 4.79 Å². The van der Waals surface area contributed by atoms with Gasteiger partial charge in [-0.25, -0.2) is 0 Å². The number of carbonyl (C=O) groups excluding carboxylic acids is 2. The van der Waals surface area contributed by atoms with Crippen LogP contribution in [0.3, 0.4) is 0 Å². The predicted octanol–water partition coefficient (Wildman–Crippen LogP) is 2.38. The van der Waals surface area contributed by atoms with Crippen LogP contribution in [0, 0.1) is 0 Å². The number of aromatic nitrogens is 1. The van der Waals surface area contributed by atoms with E-state index in [4.69, 9.17) is 11.6 Å². The molecule has 5 nitrogen and oxygen atoms in total. The van der Waals surface area contributed by atoms with Gasteiger partial charge in [0.05, 0.1) is 10.5 Å². The average molecular weight is 367 g/mol. The van der Waals surface area contributed by atoms with E-state index in [1.54, 1.807) is 23.8 Å². The van der Waals surface area contributed by atoms with E-state index in [-0.39, 0.29) is 5.69 Å². The van der Waals surface area contributed by atoms with E-state index in [9.17, 15) is 18.4 Å². The third kappa shape index (κ3) is 2.91. The summed E-state index contributed by atoms with van der Waals surface area (Å²) in [6, 6.07) is 4.70. The minimum Gasteiger partial charge on any atom is -0.310 e. The molecule has 0 radical (unpaired) electrons. The number of nitrogens with zero attached hydrogens (tertiary/aromatic N) is 1. The zero-order valence-corrected chi connectivity index (χ0v) is 12.0. The number of alkyl halides is 2. The van der Waals surface area contributed by atoms with Crippen LogP contribution in [-0.4, -0.2) is 22.6 Å². The van der Waals surface area contributed by atoms with Gasteiger partial charge in [0.25, 0.3) is 5.91 Å². The Kier molecular flexibility index (Phi) is 4.24. The van der Waals surface area contributed by atoms with Crippen molar-refractivity contribution in [1.29, 1.82) is 0 Å². The maximum atomic E-state index is 12.0. The summed E-state index contributed by atoms with van der Waals surface area (Å²) in [6.07, 6.45) is -1.62. The minimum atomic E-state index is -3.21. The van der Waals surface area contributed by atoms with Crippen LogP contribution < -0.4 is 10.9 Å². The first-order valence-electron chi connectivity index (χ1n) is 5.24. The number of fused-ring (bicyclic) bond motifs is 1. The Labute approximate surface area is 125 Å². The maximum Gasteiger partial charge on any atom is 0.317 e. The first-order chi connectivity index (χ1) is 9.40. The number of hydrazine groups is 1. The molecule has 0 aliphatic carbocycles. The van der Waals surface area contributed by atoms with Crippen molar-refractivity contribution in [3.05, 3.63) is 39.6 Å². The van der Waals surface area contributed by atoms with E-state index >= 15 is 0 Å². The zero-order valence-electron chi connectivity index (χ0n) is 9.66. The molecule has 0 aliphatic rings. The van der Waals surface area contributed by atoms with Gasteiger partial charge in [-0.05, 0) is 34.1 Å². The van der Waals surface area contributed by atoms with Crippen molar-refractivity contribution in [2.75, 3.05) is 0 Å². The van der Waals surface area contributed by atoms with E-state index < -0.39 is 18.2 Å². The molecular formula is C11H7BrClF2N3O2. The van der Waals surface area contributed by atoms with Gasteiger partial charge in [-0.15, -0.1) is 0 Å². The quantitative estimate of drug-likeness (QED) is 0.802. The van der Waals surface area contributed by atoms with E-state index in [2.05, 4.69) is 15.9 Å². The fourth-order valence-corrected chi connectivity index (χ4v) is 2.40. The molecule has 2 aromatic heterocycles. The number of carbonyl (C=O) groups is 2. The standard InChI is InChI=1S/C11H7BrClF2N3O2/c12-5-3-6(13)7-1-2-8(18(7)4-5)10(19)16-17-11(20)9(14)15/h1-4,9H,(H,16,19)(H,17,20). The number of amides is 2. The molecular weight excluding hydrogens is 359 g/mol. The Balaban J connectivity index is 2.25. The Morgan fingerprint density at radius 3 is 2.65 bits per heavy atom. The molecule has 0 saturated carbocycles. The van der Waals surface area contributed by atoms with Gasteiger partial charge in [0.15, 0.2) is 0 Å². The molecule has 0 atom stereocenters. The van der Waals surface area contributed by atoms with Crippen LogP contribution in [0.15, 0.2) is 28.9 Å². The Morgan fingerprint density at radius 2 is 2.00 bits per heavy atom. The molecule has 106 valence electrons. The third-order valence-electron chi connectivity index (χ3n) is 2.41. The molecule has 0 spiro atoms. The molecule has 2 amide bonds. The van der Waals surface area contributed by atoms with Crippen LogP contribution in [0.4, 0.5) is 8.78 Å². The number of halogens is 4. The summed E-state index contributed by atoms with van der Waals surface area (Å²) in [7, 11) is 0. The van der Waals surface area contributed by atoms with Gasteiger partial charge in [-0.3, -0.25) is 20.4 Å². The average Bonchev–Trinajstić information content (AvgIpc) is 2.79. The molecule has 2 N–H and O–H groups in total. The molecule has 2 heterocycles. The highest BCUT2D eigenvalue weighted by Crippen LogP contribution is 2.24. The molecule has 0 fully saturated rings. The van der Waals surface area contributed by atoms with E-state index in [0.717, 1.165) is 0 Å². The summed E-state index contributed by atoms with van der Waals surface area (Å²) in [5.41, 5.74) is 4.22. The zero-order chi connectivity index (χ0) is 14.9. The molecule has 0 aromatic carbocycles. The summed E-state index contributed by atoms with van der Waals surface area (Å²) in [5, 5.41) is 0.412. The lowest BCUT2D eigenvalue weighted by molar-refractivity contribution is -0.132. The van der Waals surface area contributed by atoms with Crippen molar-refractivity contribution in [2.24, 2.45) is 0 Å². The molecule has 9 heteroatoms. The van der Waals surface area contributed by atoms with Crippen LogP contribution in [0.25, 0.3) is 5.52 Å².